The van der Waals surface area contributed by atoms with E-state index in [9.17, 15) is 22.8 Å². The summed E-state index contributed by atoms with van der Waals surface area (Å²) in [7, 11) is 1.88. The van der Waals surface area contributed by atoms with Gasteiger partial charge in [-0.3, -0.25) is 9.59 Å². The van der Waals surface area contributed by atoms with Crippen molar-refractivity contribution in [3.63, 3.8) is 0 Å². The van der Waals surface area contributed by atoms with Crippen LogP contribution in [0.1, 0.15) is 17.0 Å². The highest BCUT2D eigenvalue weighted by atomic mass is 32.2. The average Bonchev–Trinajstić information content (AvgIpc) is 3.20. The van der Waals surface area contributed by atoms with Crippen LogP contribution in [0.2, 0.25) is 0 Å². The number of anilines is 1. The number of thioether (sulfide) groups is 1. The van der Waals surface area contributed by atoms with Crippen LogP contribution in [0.4, 0.5) is 18.9 Å². The number of nitrogens with zero attached hydrogens (tertiary/aromatic N) is 2. The van der Waals surface area contributed by atoms with Gasteiger partial charge in [-0.05, 0) is 18.6 Å². The third-order valence-electron chi connectivity index (χ3n) is 4.01. The number of benzene rings is 1. The summed E-state index contributed by atoms with van der Waals surface area (Å²) < 4.78 is 33.6. The number of aromatic nitrogens is 2. The number of carbonyl (C=O) groups is 3. The summed E-state index contributed by atoms with van der Waals surface area (Å²) in [5.41, 5.74) is 2.89. The second-order valence-corrected chi connectivity index (χ2v) is 7.29. The predicted octanol–water partition coefficient (Wildman–Crippen LogP) is 2.31. The molecule has 162 valence electrons. The number of hydrogen-bond donors (Lipinski definition) is 3. The Morgan fingerprint density at radius 2 is 2.03 bits per heavy atom. The number of aryl methyl sites for hydroxylation is 2. The third-order valence-corrected chi connectivity index (χ3v) is 5.07. The van der Waals surface area contributed by atoms with Gasteiger partial charge in [0.25, 0.3) is 0 Å². The first-order valence-corrected chi connectivity index (χ1v) is 9.56. The molecule has 0 bridgehead atoms. The normalized spacial score (nSPS) is 15.0. The summed E-state index contributed by atoms with van der Waals surface area (Å²) in [6.45, 7) is 2.30. The van der Waals surface area contributed by atoms with E-state index in [1.807, 2.05) is 42.9 Å². The van der Waals surface area contributed by atoms with Crippen molar-refractivity contribution in [2.24, 2.45) is 7.05 Å². The van der Waals surface area contributed by atoms with E-state index in [1.54, 1.807) is 6.20 Å². The van der Waals surface area contributed by atoms with Crippen molar-refractivity contribution in [2.75, 3.05) is 17.6 Å². The second-order valence-electron chi connectivity index (χ2n) is 6.35. The highest BCUT2D eigenvalue weighted by molar-refractivity contribution is 7.99. The van der Waals surface area contributed by atoms with Crippen LogP contribution in [0.25, 0.3) is 0 Å². The molecule has 1 aliphatic heterocycles. The molecule has 0 fully saturated rings. The lowest BCUT2D eigenvalue weighted by atomic mass is 9.99. The van der Waals surface area contributed by atoms with Crippen molar-refractivity contribution in [1.29, 1.82) is 0 Å². The average molecular weight is 444 g/mol. The minimum atomic E-state index is -5.08. The van der Waals surface area contributed by atoms with Gasteiger partial charge in [-0.2, -0.15) is 13.2 Å². The highest BCUT2D eigenvalue weighted by Gasteiger charge is 2.38. The molecule has 1 aliphatic rings. The zero-order valence-electron chi connectivity index (χ0n) is 16.0. The first-order valence-electron chi connectivity index (χ1n) is 8.57. The Balaban J connectivity index is 0.000000396. The Morgan fingerprint density at radius 1 is 1.37 bits per heavy atom. The minimum Gasteiger partial charge on any atom is -0.475 e. The predicted molar refractivity (Wildman–Crippen MR) is 103 cm³/mol. The van der Waals surface area contributed by atoms with Gasteiger partial charge in [0, 0.05) is 31.7 Å². The molecule has 1 atom stereocenters. The summed E-state index contributed by atoms with van der Waals surface area (Å²) in [5, 5.41) is 13.6. The molecule has 3 N–H and O–H groups in total. The van der Waals surface area contributed by atoms with E-state index >= 15 is 0 Å². The Morgan fingerprint density at radius 3 is 2.60 bits per heavy atom. The van der Waals surface area contributed by atoms with E-state index in [-0.39, 0.29) is 23.5 Å². The molecule has 8 nitrogen and oxygen atoms in total. The number of imidazole rings is 1. The number of nitrogens with one attached hydrogen (secondary N) is 2. The monoisotopic (exact) mass is 444 g/mol. The van der Waals surface area contributed by atoms with Crippen LogP contribution in [0, 0.1) is 6.92 Å². The van der Waals surface area contributed by atoms with Crippen molar-refractivity contribution < 1.29 is 32.7 Å². The largest absolute Gasteiger partial charge is 0.490 e. The molecule has 2 amide bonds. The van der Waals surface area contributed by atoms with Crippen LogP contribution in [-0.2, 0) is 21.4 Å². The number of carbonyl (C=O) groups excluding carboxylic acids is 2. The van der Waals surface area contributed by atoms with Gasteiger partial charge < -0.3 is 20.3 Å². The number of alkyl halides is 3. The van der Waals surface area contributed by atoms with E-state index in [2.05, 4.69) is 15.6 Å². The van der Waals surface area contributed by atoms with Gasteiger partial charge in [0.1, 0.15) is 0 Å². The second kappa shape index (κ2) is 9.65. The maximum absolute atomic E-state index is 12.1. The summed E-state index contributed by atoms with van der Waals surface area (Å²) in [6.07, 6.45) is -1.55. The SMILES string of the molecule is Cc1ccc2c(c1)C(CNC(=O)CSc1nccn1C)C(=O)N2.O=C(O)C(F)(F)F. The molecule has 1 aromatic carbocycles. The number of amides is 2. The molecule has 0 radical (unpaired) electrons. The van der Waals surface area contributed by atoms with E-state index in [4.69, 9.17) is 9.90 Å². The van der Waals surface area contributed by atoms with Gasteiger partial charge in [0.05, 0.1) is 11.7 Å². The van der Waals surface area contributed by atoms with Crippen LogP contribution >= 0.6 is 11.8 Å². The van der Waals surface area contributed by atoms with Crippen LogP contribution in [0.3, 0.4) is 0 Å². The van der Waals surface area contributed by atoms with Gasteiger partial charge in [-0.25, -0.2) is 9.78 Å². The van der Waals surface area contributed by atoms with Crippen LogP contribution < -0.4 is 10.6 Å². The maximum Gasteiger partial charge on any atom is 0.490 e. The number of carboxylic acid groups (broad SMARTS) is 1. The van der Waals surface area contributed by atoms with E-state index in [0.29, 0.717) is 6.54 Å². The molecular weight excluding hydrogens is 425 g/mol. The zero-order valence-corrected chi connectivity index (χ0v) is 16.8. The summed E-state index contributed by atoms with van der Waals surface area (Å²) >= 11 is 1.37. The van der Waals surface area contributed by atoms with Crippen LogP contribution in [0.15, 0.2) is 35.7 Å². The van der Waals surface area contributed by atoms with Crippen LogP contribution in [-0.4, -0.2) is 50.9 Å². The Hall–Kier alpha value is -3.02. The summed E-state index contributed by atoms with van der Waals surface area (Å²) in [4.78, 5) is 37.1. The minimum absolute atomic E-state index is 0.0670. The lowest BCUT2D eigenvalue weighted by Gasteiger charge is -2.11. The van der Waals surface area contributed by atoms with E-state index in [0.717, 1.165) is 22.0 Å². The van der Waals surface area contributed by atoms with Crippen molar-refractivity contribution in [3.8, 4) is 0 Å². The Kier molecular flexibility index (Phi) is 7.48. The topological polar surface area (TPSA) is 113 Å². The molecule has 0 spiro atoms. The molecule has 12 heteroatoms. The maximum atomic E-state index is 12.1. The molecule has 2 aromatic rings. The van der Waals surface area contributed by atoms with Gasteiger partial charge in [0.15, 0.2) is 5.16 Å². The third kappa shape index (κ3) is 6.24. The van der Waals surface area contributed by atoms with Gasteiger partial charge in [-0.1, -0.05) is 29.5 Å². The van der Waals surface area contributed by atoms with Gasteiger partial charge >= 0.3 is 12.1 Å². The lowest BCUT2D eigenvalue weighted by Crippen LogP contribution is -2.32. The number of rotatable bonds is 5. The summed E-state index contributed by atoms with van der Waals surface area (Å²) in [6, 6.07) is 5.86. The fourth-order valence-electron chi connectivity index (χ4n) is 2.54. The zero-order chi connectivity index (χ0) is 22.5. The van der Waals surface area contributed by atoms with E-state index in [1.165, 1.54) is 11.8 Å². The number of aliphatic carboxylic acids is 1. The fourth-order valence-corrected chi connectivity index (χ4v) is 3.30. The molecule has 0 saturated heterocycles. The lowest BCUT2D eigenvalue weighted by molar-refractivity contribution is -0.192. The first kappa shape index (κ1) is 23.3. The Bertz CT molecular complexity index is 946. The number of carboxylic acids is 1. The number of halogens is 3. The smallest absolute Gasteiger partial charge is 0.475 e. The first-order chi connectivity index (χ1) is 14.0. The van der Waals surface area contributed by atoms with Crippen molar-refractivity contribution >= 4 is 35.2 Å². The molecule has 3 rings (SSSR count). The molecule has 30 heavy (non-hydrogen) atoms. The number of hydrogen-bond acceptors (Lipinski definition) is 5. The van der Waals surface area contributed by atoms with Gasteiger partial charge in [-0.15, -0.1) is 0 Å². The van der Waals surface area contributed by atoms with Crippen molar-refractivity contribution in [2.45, 2.75) is 24.2 Å². The quantitative estimate of drug-likeness (QED) is 0.610. The molecular formula is C18H19F3N4O4S. The highest BCUT2D eigenvalue weighted by Crippen LogP contribution is 2.32. The molecule has 1 unspecified atom stereocenters. The molecule has 0 saturated carbocycles. The van der Waals surface area contributed by atoms with E-state index < -0.39 is 12.1 Å². The van der Waals surface area contributed by atoms with Gasteiger partial charge in [0.2, 0.25) is 11.8 Å². The standard InChI is InChI=1S/C16H18N4O2S.C2HF3O2/c1-10-3-4-13-11(7-10)12(15(22)19-13)8-18-14(21)9-23-16-17-5-6-20(16)2;3-2(4,5)1(6)7/h3-7,12H,8-9H2,1-2H3,(H,18,21)(H,19,22);(H,6,7). The fraction of sp³-hybridized carbons (Fsp3) is 0.333. The Labute approximate surface area is 173 Å². The van der Waals surface area contributed by atoms with Crippen LogP contribution in [0.5, 0.6) is 0 Å². The number of fused-ring (bicyclic) bond motifs is 1. The van der Waals surface area contributed by atoms with Crippen molar-refractivity contribution in [1.82, 2.24) is 14.9 Å². The van der Waals surface area contributed by atoms with Crippen molar-refractivity contribution in [3.05, 3.63) is 41.7 Å². The molecule has 0 aliphatic carbocycles. The molecule has 1 aromatic heterocycles. The summed E-state index contributed by atoms with van der Waals surface area (Å²) in [5.74, 6) is -2.98. The molecule has 2 heterocycles.